The molecule has 1 N–H and O–H groups in total. The Morgan fingerprint density at radius 3 is 2.48 bits per heavy atom. The molecule has 2 aromatic rings. The van der Waals surface area contributed by atoms with Crippen LogP contribution in [0.1, 0.15) is 30.0 Å². The second kappa shape index (κ2) is 7.73. The summed E-state index contributed by atoms with van der Waals surface area (Å²) in [4.78, 5) is 25.9. The van der Waals surface area contributed by atoms with Gasteiger partial charge in [-0.3, -0.25) is 9.78 Å². The lowest BCUT2D eigenvalue weighted by Crippen LogP contribution is -2.37. The van der Waals surface area contributed by atoms with E-state index in [0.717, 1.165) is 12.3 Å². The predicted octanol–water partition coefficient (Wildman–Crippen LogP) is 3.53. The van der Waals surface area contributed by atoms with Gasteiger partial charge in [0.25, 0.3) is 0 Å². The summed E-state index contributed by atoms with van der Waals surface area (Å²) >= 11 is 0. The first kappa shape index (κ1) is 18.8. The molecule has 1 fully saturated rings. The Bertz CT molecular complexity index is 814. The number of hydrogen-bond acceptors (Lipinski definition) is 5. The van der Waals surface area contributed by atoms with E-state index in [1.165, 1.54) is 18.3 Å². The molecule has 1 amide bonds. The van der Waals surface area contributed by atoms with Crippen molar-refractivity contribution in [3.05, 3.63) is 54.6 Å². The van der Waals surface area contributed by atoms with Gasteiger partial charge in [0.15, 0.2) is 5.82 Å². The van der Waals surface area contributed by atoms with Crippen molar-refractivity contribution in [3.63, 3.8) is 0 Å². The van der Waals surface area contributed by atoms with Crippen LogP contribution in [0.2, 0.25) is 0 Å². The molecule has 1 aliphatic rings. The summed E-state index contributed by atoms with van der Waals surface area (Å²) in [6, 6.07) is 2.22. The molecule has 0 aliphatic carbocycles. The fourth-order valence-corrected chi connectivity index (χ4v) is 3.00. The van der Waals surface area contributed by atoms with Crippen LogP contribution in [0.15, 0.2) is 43.4 Å². The number of likely N-dealkylation sites (tertiary alicyclic amines) is 1. The molecule has 0 spiro atoms. The minimum atomic E-state index is -4.43. The molecule has 1 aliphatic heterocycles. The Morgan fingerprint density at radius 1 is 1.19 bits per heavy atom. The smallest absolute Gasteiger partial charge is 0.339 e. The first-order chi connectivity index (χ1) is 12.9. The Balaban J connectivity index is 1.73. The van der Waals surface area contributed by atoms with Crippen LogP contribution >= 0.6 is 0 Å². The van der Waals surface area contributed by atoms with Gasteiger partial charge in [-0.1, -0.05) is 6.58 Å². The van der Waals surface area contributed by atoms with Gasteiger partial charge in [0.1, 0.15) is 5.82 Å². The van der Waals surface area contributed by atoms with E-state index in [1.54, 1.807) is 11.1 Å². The van der Waals surface area contributed by atoms with E-state index in [9.17, 15) is 18.0 Å². The largest absolute Gasteiger partial charge is 0.417 e. The van der Waals surface area contributed by atoms with Crippen LogP contribution in [0, 0.1) is 0 Å². The molecule has 0 unspecified atom stereocenters. The lowest BCUT2D eigenvalue weighted by molar-refractivity contribution is -0.137. The third-order valence-electron chi connectivity index (χ3n) is 4.43. The second-order valence-corrected chi connectivity index (χ2v) is 6.15. The lowest BCUT2D eigenvalue weighted by atomic mass is 9.93. The zero-order valence-corrected chi connectivity index (χ0v) is 14.4. The normalized spacial score (nSPS) is 15.4. The molecule has 0 aromatic carbocycles. The molecule has 0 radical (unpaired) electrons. The topological polar surface area (TPSA) is 71.0 Å². The monoisotopic (exact) mass is 377 g/mol. The third-order valence-corrected chi connectivity index (χ3v) is 4.43. The van der Waals surface area contributed by atoms with Crippen molar-refractivity contribution in [1.82, 2.24) is 19.9 Å². The van der Waals surface area contributed by atoms with Crippen LogP contribution in [0.5, 0.6) is 0 Å². The zero-order valence-electron chi connectivity index (χ0n) is 14.4. The maximum Gasteiger partial charge on any atom is 0.417 e. The number of carbonyl (C=O) groups excluding carboxylic acids is 1. The van der Waals surface area contributed by atoms with E-state index in [4.69, 9.17) is 0 Å². The number of hydrogen-bond donors (Lipinski definition) is 1. The number of halogens is 3. The number of anilines is 2. The molecule has 142 valence electrons. The fraction of sp³-hybridized carbons (Fsp3) is 0.333. The van der Waals surface area contributed by atoms with Gasteiger partial charge in [0, 0.05) is 37.6 Å². The van der Waals surface area contributed by atoms with E-state index in [-0.39, 0.29) is 17.6 Å². The molecular weight excluding hydrogens is 359 g/mol. The molecule has 0 bridgehead atoms. The van der Waals surface area contributed by atoms with E-state index in [0.29, 0.717) is 37.4 Å². The number of nitrogens with one attached hydrogen (secondary N) is 1. The van der Waals surface area contributed by atoms with Gasteiger partial charge < -0.3 is 10.2 Å². The van der Waals surface area contributed by atoms with E-state index in [2.05, 4.69) is 26.8 Å². The van der Waals surface area contributed by atoms with Crippen molar-refractivity contribution in [2.45, 2.75) is 24.9 Å². The van der Waals surface area contributed by atoms with Crippen molar-refractivity contribution in [3.8, 4) is 0 Å². The summed E-state index contributed by atoms with van der Waals surface area (Å²) in [5, 5.41) is 2.94. The quantitative estimate of drug-likeness (QED) is 0.826. The summed E-state index contributed by atoms with van der Waals surface area (Å²) in [5.41, 5.74) is -0.100. The van der Waals surface area contributed by atoms with Crippen molar-refractivity contribution in [1.29, 1.82) is 0 Å². The summed E-state index contributed by atoms with van der Waals surface area (Å²) < 4.78 is 38.0. The third kappa shape index (κ3) is 4.42. The highest BCUT2D eigenvalue weighted by Crippen LogP contribution is 2.32. The van der Waals surface area contributed by atoms with Gasteiger partial charge in [-0.05, 0) is 31.1 Å². The van der Waals surface area contributed by atoms with Crippen LogP contribution in [0.25, 0.3) is 0 Å². The fourth-order valence-electron chi connectivity index (χ4n) is 3.00. The maximum atomic E-state index is 12.7. The van der Waals surface area contributed by atoms with Crippen molar-refractivity contribution >= 4 is 17.5 Å². The van der Waals surface area contributed by atoms with Crippen LogP contribution in [-0.2, 0) is 11.0 Å². The molecule has 0 saturated carbocycles. The van der Waals surface area contributed by atoms with Crippen LogP contribution in [0.3, 0.4) is 0 Å². The zero-order chi connectivity index (χ0) is 19.4. The summed E-state index contributed by atoms with van der Waals surface area (Å²) in [7, 11) is 0. The molecule has 3 rings (SSSR count). The molecule has 1 saturated heterocycles. The van der Waals surface area contributed by atoms with Gasteiger partial charge >= 0.3 is 6.18 Å². The van der Waals surface area contributed by atoms with Crippen molar-refractivity contribution < 1.29 is 18.0 Å². The highest BCUT2D eigenvalue weighted by Gasteiger charge is 2.31. The number of amides is 1. The van der Waals surface area contributed by atoms with Gasteiger partial charge in [-0.25, -0.2) is 9.97 Å². The van der Waals surface area contributed by atoms with E-state index in [1.807, 2.05) is 0 Å². The van der Waals surface area contributed by atoms with Gasteiger partial charge in [-0.2, -0.15) is 13.2 Å². The first-order valence-corrected chi connectivity index (χ1v) is 8.41. The SMILES string of the molecule is C=CC(=O)N1CCC(c2nccnc2Nc2ccc(C(F)(F)F)cn2)CC1. The number of carbonyl (C=O) groups is 1. The number of rotatable bonds is 4. The standard InChI is InChI=1S/C18H18F3N5O/c1-2-15(27)26-9-5-12(6-10-26)16-17(23-8-7-22-16)25-14-4-3-13(11-24-14)18(19,20)21/h2-4,7-8,11-12H,1,5-6,9-10H2,(H,23,24,25). The number of pyridine rings is 1. The minimum absolute atomic E-state index is 0.0875. The van der Waals surface area contributed by atoms with Crippen LogP contribution in [0.4, 0.5) is 24.8 Å². The van der Waals surface area contributed by atoms with Crippen molar-refractivity contribution in [2.24, 2.45) is 0 Å². The number of piperidine rings is 1. The maximum absolute atomic E-state index is 12.7. The molecule has 27 heavy (non-hydrogen) atoms. The second-order valence-electron chi connectivity index (χ2n) is 6.15. The van der Waals surface area contributed by atoms with E-state index < -0.39 is 11.7 Å². The Kier molecular flexibility index (Phi) is 5.38. The van der Waals surface area contributed by atoms with Crippen LogP contribution in [-0.4, -0.2) is 38.8 Å². The number of aromatic nitrogens is 3. The molecule has 3 heterocycles. The Morgan fingerprint density at radius 2 is 1.89 bits per heavy atom. The molecule has 9 heteroatoms. The Labute approximate surface area is 154 Å². The minimum Gasteiger partial charge on any atom is -0.339 e. The highest BCUT2D eigenvalue weighted by atomic mass is 19.4. The molecule has 6 nitrogen and oxygen atoms in total. The van der Waals surface area contributed by atoms with Gasteiger partial charge in [0.05, 0.1) is 11.3 Å². The Hall–Kier alpha value is -2.97. The van der Waals surface area contributed by atoms with E-state index >= 15 is 0 Å². The average molecular weight is 377 g/mol. The van der Waals surface area contributed by atoms with Gasteiger partial charge in [0.2, 0.25) is 5.91 Å². The molecule has 2 aromatic heterocycles. The first-order valence-electron chi connectivity index (χ1n) is 8.41. The van der Waals surface area contributed by atoms with Gasteiger partial charge in [-0.15, -0.1) is 0 Å². The predicted molar refractivity (Wildman–Crippen MR) is 93.3 cm³/mol. The summed E-state index contributed by atoms with van der Waals surface area (Å²) in [6.07, 6.45) is 2.15. The summed E-state index contributed by atoms with van der Waals surface area (Å²) in [6.45, 7) is 4.67. The average Bonchev–Trinajstić information content (AvgIpc) is 2.68. The highest BCUT2D eigenvalue weighted by molar-refractivity contribution is 5.87. The molecule has 0 atom stereocenters. The van der Waals surface area contributed by atoms with Crippen molar-refractivity contribution in [2.75, 3.05) is 18.4 Å². The lowest BCUT2D eigenvalue weighted by Gasteiger charge is -2.31. The number of nitrogens with zero attached hydrogens (tertiary/aromatic N) is 4. The number of alkyl halides is 3. The molecular formula is C18H18F3N5O. The van der Waals surface area contributed by atoms with Crippen LogP contribution < -0.4 is 5.32 Å². The summed E-state index contributed by atoms with van der Waals surface area (Å²) in [5.74, 6) is 0.701.